The fourth-order valence-corrected chi connectivity index (χ4v) is 1.18. The normalized spacial score (nSPS) is 9.71. The van der Waals surface area contributed by atoms with E-state index in [1.807, 2.05) is 0 Å². The van der Waals surface area contributed by atoms with Crippen LogP contribution in [0.1, 0.15) is 5.69 Å². The number of benzene rings is 1. The number of hydrogen-bond donors (Lipinski definition) is 0. The molecule has 0 saturated heterocycles. The van der Waals surface area contributed by atoms with Crippen LogP contribution in [0.15, 0.2) is 30.6 Å². The van der Waals surface area contributed by atoms with Crippen molar-refractivity contribution >= 4 is 0 Å². The van der Waals surface area contributed by atoms with E-state index in [-0.39, 0.29) is 17.3 Å². The van der Waals surface area contributed by atoms with Gasteiger partial charge in [0.15, 0.2) is 0 Å². The Labute approximate surface area is 95.1 Å². The molecule has 84 valence electrons. The molecule has 0 bridgehead atoms. The zero-order chi connectivity index (χ0) is 12.3. The summed E-state index contributed by atoms with van der Waals surface area (Å²) in [7, 11) is 0. The van der Waals surface area contributed by atoms with Crippen LogP contribution < -0.4 is 4.74 Å². The highest BCUT2D eigenvalue weighted by atomic mass is 19.1. The Morgan fingerprint density at radius 3 is 2.35 bits per heavy atom. The van der Waals surface area contributed by atoms with E-state index in [1.165, 1.54) is 12.4 Å². The Morgan fingerprint density at radius 2 is 1.71 bits per heavy atom. The summed E-state index contributed by atoms with van der Waals surface area (Å²) in [5.41, 5.74) is -0.0582. The first-order valence-electron chi connectivity index (χ1n) is 4.54. The number of rotatable bonds is 2. The molecule has 0 radical (unpaired) electrons. The molecular formula is C11H5F2N3O. The van der Waals surface area contributed by atoms with Gasteiger partial charge < -0.3 is 4.74 Å². The first-order valence-corrected chi connectivity index (χ1v) is 4.54. The summed E-state index contributed by atoms with van der Waals surface area (Å²) in [4.78, 5) is 7.45. The molecule has 0 spiro atoms. The van der Waals surface area contributed by atoms with Gasteiger partial charge in [0.1, 0.15) is 23.5 Å². The molecule has 2 rings (SSSR count). The van der Waals surface area contributed by atoms with Crippen LogP contribution in [-0.4, -0.2) is 9.97 Å². The third-order valence-corrected chi connectivity index (χ3v) is 1.82. The Morgan fingerprint density at radius 1 is 1.06 bits per heavy atom. The maximum Gasteiger partial charge on any atom is 0.256 e. The van der Waals surface area contributed by atoms with Crippen molar-refractivity contribution in [2.75, 3.05) is 0 Å². The highest BCUT2D eigenvalue weighted by Crippen LogP contribution is 2.22. The summed E-state index contributed by atoms with van der Waals surface area (Å²) in [6.45, 7) is 0. The van der Waals surface area contributed by atoms with Gasteiger partial charge in [0.05, 0.1) is 0 Å². The third kappa shape index (κ3) is 2.52. The van der Waals surface area contributed by atoms with Gasteiger partial charge in [-0.3, -0.25) is 0 Å². The molecule has 0 atom stereocenters. The summed E-state index contributed by atoms with van der Waals surface area (Å²) in [5, 5.41) is 8.72. The summed E-state index contributed by atoms with van der Waals surface area (Å²) in [6.07, 6.45) is 2.63. The molecule has 17 heavy (non-hydrogen) atoms. The largest absolute Gasteiger partial charge is 0.436 e. The van der Waals surface area contributed by atoms with Gasteiger partial charge >= 0.3 is 0 Å². The Bertz CT molecular complexity index is 575. The topological polar surface area (TPSA) is 58.8 Å². The van der Waals surface area contributed by atoms with Crippen molar-refractivity contribution in [2.24, 2.45) is 0 Å². The maximum atomic E-state index is 12.9. The van der Waals surface area contributed by atoms with Gasteiger partial charge in [-0.15, -0.1) is 0 Å². The molecule has 0 aliphatic heterocycles. The summed E-state index contributed by atoms with van der Waals surface area (Å²) in [5.74, 6) is -1.73. The SMILES string of the molecule is N#Cc1nccnc1Oc1cc(F)cc(F)c1. The van der Waals surface area contributed by atoms with Crippen molar-refractivity contribution in [2.45, 2.75) is 0 Å². The number of aromatic nitrogens is 2. The van der Waals surface area contributed by atoms with Crippen LogP contribution in [-0.2, 0) is 0 Å². The molecule has 0 aliphatic carbocycles. The van der Waals surface area contributed by atoms with Crippen LogP contribution >= 0.6 is 0 Å². The van der Waals surface area contributed by atoms with Gasteiger partial charge in [0, 0.05) is 30.6 Å². The van der Waals surface area contributed by atoms with E-state index in [1.54, 1.807) is 6.07 Å². The van der Waals surface area contributed by atoms with Crippen molar-refractivity contribution in [3.8, 4) is 17.7 Å². The first-order chi connectivity index (χ1) is 8.19. The zero-order valence-corrected chi connectivity index (χ0v) is 8.39. The molecule has 0 fully saturated rings. The van der Waals surface area contributed by atoms with Crippen molar-refractivity contribution in [3.05, 3.63) is 47.9 Å². The van der Waals surface area contributed by atoms with Gasteiger partial charge in [0.2, 0.25) is 5.69 Å². The molecule has 0 unspecified atom stereocenters. The van der Waals surface area contributed by atoms with Crippen LogP contribution in [0.25, 0.3) is 0 Å². The molecular weight excluding hydrogens is 228 g/mol. The van der Waals surface area contributed by atoms with Gasteiger partial charge in [-0.25, -0.2) is 18.7 Å². The molecule has 0 aliphatic rings. The minimum atomic E-state index is -0.776. The molecule has 0 saturated carbocycles. The Hall–Kier alpha value is -2.55. The molecule has 0 N–H and O–H groups in total. The maximum absolute atomic E-state index is 12.9. The fraction of sp³-hybridized carbons (Fsp3) is 0. The average Bonchev–Trinajstić information content (AvgIpc) is 2.28. The van der Waals surface area contributed by atoms with Gasteiger partial charge in [-0.1, -0.05) is 0 Å². The highest BCUT2D eigenvalue weighted by Gasteiger charge is 2.08. The van der Waals surface area contributed by atoms with E-state index in [2.05, 4.69) is 9.97 Å². The Kier molecular flexibility index (Phi) is 2.92. The molecule has 1 heterocycles. The van der Waals surface area contributed by atoms with Crippen LogP contribution in [0.4, 0.5) is 8.78 Å². The first kappa shape index (κ1) is 11.0. The minimum Gasteiger partial charge on any atom is -0.436 e. The number of nitriles is 1. The summed E-state index contributed by atoms with van der Waals surface area (Å²) < 4.78 is 30.9. The number of halogens is 2. The van der Waals surface area contributed by atoms with E-state index >= 15 is 0 Å². The summed E-state index contributed by atoms with van der Waals surface area (Å²) >= 11 is 0. The number of nitrogens with zero attached hydrogens (tertiary/aromatic N) is 3. The van der Waals surface area contributed by atoms with Crippen molar-refractivity contribution < 1.29 is 13.5 Å². The quantitative estimate of drug-likeness (QED) is 0.799. The second kappa shape index (κ2) is 4.53. The van der Waals surface area contributed by atoms with E-state index in [0.717, 1.165) is 18.2 Å². The smallest absolute Gasteiger partial charge is 0.256 e. The van der Waals surface area contributed by atoms with Crippen LogP contribution in [0, 0.1) is 23.0 Å². The lowest BCUT2D eigenvalue weighted by Gasteiger charge is -2.05. The molecule has 2 aromatic rings. The lowest BCUT2D eigenvalue weighted by atomic mass is 10.3. The zero-order valence-electron chi connectivity index (χ0n) is 8.39. The third-order valence-electron chi connectivity index (χ3n) is 1.82. The van der Waals surface area contributed by atoms with Crippen LogP contribution in [0.5, 0.6) is 11.6 Å². The van der Waals surface area contributed by atoms with Gasteiger partial charge in [-0.2, -0.15) is 5.26 Å². The predicted octanol–water partition coefficient (Wildman–Crippen LogP) is 2.42. The van der Waals surface area contributed by atoms with Gasteiger partial charge in [0.25, 0.3) is 5.88 Å². The standard InChI is InChI=1S/C11H5F2N3O/c12-7-3-8(13)5-9(4-7)17-11-10(6-14)15-1-2-16-11/h1-5H. The molecule has 1 aromatic heterocycles. The predicted molar refractivity (Wildman–Crippen MR) is 53.2 cm³/mol. The molecule has 4 nitrogen and oxygen atoms in total. The van der Waals surface area contributed by atoms with Crippen LogP contribution in [0.3, 0.4) is 0 Å². The minimum absolute atomic E-state index is 0.0582. The molecule has 1 aromatic carbocycles. The monoisotopic (exact) mass is 233 g/mol. The van der Waals surface area contributed by atoms with Gasteiger partial charge in [-0.05, 0) is 0 Å². The van der Waals surface area contributed by atoms with E-state index in [4.69, 9.17) is 10.00 Å². The van der Waals surface area contributed by atoms with E-state index < -0.39 is 11.6 Å². The van der Waals surface area contributed by atoms with Crippen molar-refractivity contribution in [1.82, 2.24) is 9.97 Å². The second-order valence-corrected chi connectivity index (χ2v) is 3.03. The highest BCUT2D eigenvalue weighted by molar-refractivity contribution is 5.35. The van der Waals surface area contributed by atoms with E-state index in [9.17, 15) is 8.78 Å². The van der Waals surface area contributed by atoms with Crippen LogP contribution in [0.2, 0.25) is 0 Å². The number of ether oxygens (including phenoxy) is 1. The lowest BCUT2D eigenvalue weighted by Crippen LogP contribution is -1.94. The fourth-order valence-electron chi connectivity index (χ4n) is 1.18. The number of hydrogen-bond acceptors (Lipinski definition) is 4. The van der Waals surface area contributed by atoms with Crippen molar-refractivity contribution in [3.63, 3.8) is 0 Å². The lowest BCUT2D eigenvalue weighted by molar-refractivity contribution is 0.447. The van der Waals surface area contributed by atoms with Crippen molar-refractivity contribution in [1.29, 1.82) is 5.26 Å². The summed E-state index contributed by atoms with van der Waals surface area (Å²) in [6, 6.07) is 4.45. The molecule has 0 amide bonds. The average molecular weight is 233 g/mol. The van der Waals surface area contributed by atoms with E-state index in [0.29, 0.717) is 0 Å². The molecule has 6 heteroatoms. The second-order valence-electron chi connectivity index (χ2n) is 3.03. The Balaban J connectivity index is 2.35.